The van der Waals surface area contributed by atoms with Crippen molar-refractivity contribution in [2.45, 2.75) is 367 Å². The lowest BCUT2D eigenvalue weighted by Gasteiger charge is -2.21. The van der Waals surface area contributed by atoms with Gasteiger partial charge in [-0.3, -0.25) is 37.3 Å². The lowest BCUT2D eigenvalue weighted by molar-refractivity contribution is -0.161. The minimum atomic E-state index is -4.98. The molecule has 0 bridgehead atoms. The van der Waals surface area contributed by atoms with E-state index in [2.05, 4.69) is 101 Å². The Kier molecular flexibility index (Phi) is 69.3. The molecular formula is C79H142O17P2. The fourth-order valence-corrected chi connectivity index (χ4v) is 12.2. The van der Waals surface area contributed by atoms with Crippen LogP contribution in [0.15, 0.2) is 72.9 Å². The predicted molar refractivity (Wildman–Crippen MR) is 400 cm³/mol. The van der Waals surface area contributed by atoms with Gasteiger partial charge < -0.3 is 33.8 Å². The Hall–Kier alpha value is -3.50. The molecular weight excluding hydrogens is 1280 g/mol. The number of esters is 4. The molecule has 0 spiro atoms. The number of rotatable bonds is 74. The highest BCUT2D eigenvalue weighted by Crippen LogP contribution is 2.45. The van der Waals surface area contributed by atoms with Crippen LogP contribution in [0.2, 0.25) is 0 Å². The molecule has 0 amide bonds. The van der Waals surface area contributed by atoms with E-state index >= 15 is 0 Å². The molecule has 0 aliphatic heterocycles. The summed E-state index contributed by atoms with van der Waals surface area (Å²) >= 11 is 0. The molecule has 2 unspecified atom stereocenters. The van der Waals surface area contributed by atoms with Gasteiger partial charge in [0.2, 0.25) is 0 Å². The van der Waals surface area contributed by atoms with Gasteiger partial charge in [-0.25, -0.2) is 9.13 Å². The summed E-state index contributed by atoms with van der Waals surface area (Å²) in [6.07, 6.45) is 71.6. The third kappa shape index (κ3) is 70.9. The third-order valence-electron chi connectivity index (χ3n) is 16.7. The maximum absolute atomic E-state index is 13.1. The van der Waals surface area contributed by atoms with Gasteiger partial charge >= 0.3 is 39.5 Å². The summed E-state index contributed by atoms with van der Waals surface area (Å²) in [6, 6.07) is 0. The van der Waals surface area contributed by atoms with Crippen molar-refractivity contribution in [1.29, 1.82) is 0 Å². The number of hydrogen-bond donors (Lipinski definition) is 3. The van der Waals surface area contributed by atoms with E-state index in [1.54, 1.807) is 0 Å². The summed E-state index contributed by atoms with van der Waals surface area (Å²) in [6.45, 7) is 4.81. The second kappa shape index (κ2) is 71.9. The summed E-state index contributed by atoms with van der Waals surface area (Å²) < 4.78 is 68.5. The minimum absolute atomic E-state index is 0.0778. The number of hydrogen-bond acceptors (Lipinski definition) is 15. The number of phosphoric ester groups is 2. The quantitative estimate of drug-likeness (QED) is 0.0128. The number of phosphoric acid groups is 2. The van der Waals surface area contributed by atoms with Crippen molar-refractivity contribution < 1.29 is 80.2 Å². The number of allylic oxidation sites excluding steroid dienone is 12. The largest absolute Gasteiger partial charge is 0.472 e. The normalized spacial score (nSPS) is 14.3. The van der Waals surface area contributed by atoms with Crippen LogP contribution in [0.3, 0.4) is 0 Å². The van der Waals surface area contributed by atoms with E-state index in [0.717, 1.165) is 148 Å². The standard InChI is InChI=1S/C79H142O17P2/c1-5-9-13-17-21-25-29-33-36-40-43-47-51-55-59-63-76(81)89-69-74(95-78(83)65-61-57-53-49-45-39-32-28-24-20-16-12-8-4)71-93-97(85,86)91-67-73(80)68-92-98(87,88)94-72-75(96-79(84)66-62-58-54-50-46-42-38-35-31-27-23-19-15-11-7-3)70-90-77(82)64-60-56-52-48-44-41-37-34-30-26-22-18-14-10-6-2/h23,25-27,29-30,33-38,73-75,80H,5-22,24,28,31-32,39-72H2,1-4H3,(H,85,86)(H,87,88)/b27-23-,29-25-,30-26-,36-33-,37-34-,38-35-/t73-,74-,75-/m1/s1. The van der Waals surface area contributed by atoms with Crippen LogP contribution in [-0.2, 0) is 65.4 Å². The maximum atomic E-state index is 13.1. The van der Waals surface area contributed by atoms with Gasteiger partial charge in [0, 0.05) is 25.7 Å². The fraction of sp³-hybridized carbons (Fsp3) is 0.797. The number of carbonyl (C=O) groups is 4. The van der Waals surface area contributed by atoms with Crippen molar-refractivity contribution in [3.63, 3.8) is 0 Å². The van der Waals surface area contributed by atoms with E-state index in [4.69, 9.17) is 37.0 Å². The lowest BCUT2D eigenvalue weighted by atomic mass is 10.0. The fourth-order valence-electron chi connectivity index (χ4n) is 10.6. The maximum Gasteiger partial charge on any atom is 0.472 e. The van der Waals surface area contributed by atoms with Crippen molar-refractivity contribution in [3.05, 3.63) is 72.9 Å². The summed E-state index contributed by atoms with van der Waals surface area (Å²) in [5.74, 6) is -2.20. The second-order valence-electron chi connectivity index (χ2n) is 26.4. The van der Waals surface area contributed by atoms with Crippen LogP contribution < -0.4 is 0 Å². The molecule has 19 heteroatoms. The van der Waals surface area contributed by atoms with Gasteiger partial charge in [0.1, 0.15) is 19.3 Å². The van der Waals surface area contributed by atoms with Crippen LogP contribution in [-0.4, -0.2) is 96.7 Å². The van der Waals surface area contributed by atoms with E-state index < -0.39 is 97.5 Å². The highest BCUT2D eigenvalue weighted by Gasteiger charge is 2.30. The first-order valence-corrected chi connectivity index (χ1v) is 42.2. The summed E-state index contributed by atoms with van der Waals surface area (Å²) in [5.41, 5.74) is 0. The average molecular weight is 1430 g/mol. The SMILES string of the molecule is CCCCC/C=C\C/C=C\CCCCCCCC(=O)O[C@H](COC(=O)CCCCCCC/C=C\C=C/CCCCCC)COP(=O)(O)OC[C@H](O)COP(=O)(O)OC[C@@H](COC(=O)CCCCCCC/C=C\C=C/CCCCCC)OC(=O)CCCCCCCCCCCCCCC. The number of carbonyl (C=O) groups excluding carboxylic acids is 4. The van der Waals surface area contributed by atoms with Crippen molar-refractivity contribution in [2.75, 3.05) is 39.6 Å². The van der Waals surface area contributed by atoms with Crippen LogP contribution in [0.4, 0.5) is 0 Å². The molecule has 0 aliphatic carbocycles. The average Bonchev–Trinajstić information content (AvgIpc) is 0.984. The molecule has 98 heavy (non-hydrogen) atoms. The zero-order chi connectivity index (χ0) is 71.8. The first kappa shape index (κ1) is 94.5. The van der Waals surface area contributed by atoms with E-state index in [0.29, 0.717) is 25.7 Å². The van der Waals surface area contributed by atoms with Crippen LogP contribution in [0.1, 0.15) is 349 Å². The van der Waals surface area contributed by atoms with E-state index in [-0.39, 0.29) is 25.7 Å². The van der Waals surface area contributed by atoms with Crippen LogP contribution in [0.5, 0.6) is 0 Å². The molecule has 0 fully saturated rings. The molecule has 17 nitrogen and oxygen atoms in total. The molecule has 0 aromatic carbocycles. The van der Waals surface area contributed by atoms with Crippen LogP contribution in [0.25, 0.3) is 0 Å². The van der Waals surface area contributed by atoms with Gasteiger partial charge in [0.15, 0.2) is 12.2 Å². The van der Waals surface area contributed by atoms with Gasteiger partial charge in [-0.15, -0.1) is 0 Å². The number of aliphatic hydroxyl groups excluding tert-OH is 1. The molecule has 0 saturated heterocycles. The Morgan fingerprint density at radius 2 is 0.531 bits per heavy atom. The lowest BCUT2D eigenvalue weighted by Crippen LogP contribution is -2.30. The number of ether oxygens (including phenoxy) is 4. The zero-order valence-corrected chi connectivity index (χ0v) is 64.0. The number of aliphatic hydroxyl groups is 1. The molecule has 0 saturated carbocycles. The Labute approximate surface area is 596 Å². The van der Waals surface area contributed by atoms with Crippen molar-refractivity contribution in [2.24, 2.45) is 0 Å². The Bertz CT molecular complexity index is 2140. The number of unbranched alkanes of at least 4 members (excludes halogenated alkanes) is 38. The Morgan fingerprint density at radius 1 is 0.296 bits per heavy atom. The molecule has 570 valence electrons. The van der Waals surface area contributed by atoms with Crippen molar-refractivity contribution >= 4 is 39.5 Å². The summed E-state index contributed by atoms with van der Waals surface area (Å²) in [4.78, 5) is 72.9. The van der Waals surface area contributed by atoms with Gasteiger partial charge in [0.05, 0.1) is 26.4 Å². The third-order valence-corrected chi connectivity index (χ3v) is 18.6. The zero-order valence-electron chi connectivity index (χ0n) is 62.2. The molecule has 0 heterocycles. The van der Waals surface area contributed by atoms with Gasteiger partial charge in [-0.2, -0.15) is 0 Å². The van der Waals surface area contributed by atoms with Gasteiger partial charge in [-0.1, -0.05) is 287 Å². The smallest absolute Gasteiger partial charge is 0.462 e. The van der Waals surface area contributed by atoms with Gasteiger partial charge in [-0.05, 0) is 109 Å². The first-order valence-electron chi connectivity index (χ1n) is 39.2. The first-order chi connectivity index (χ1) is 47.7. The molecule has 5 atom stereocenters. The highest BCUT2D eigenvalue weighted by atomic mass is 31.2. The molecule has 0 aromatic rings. The predicted octanol–water partition coefficient (Wildman–Crippen LogP) is 22.4. The summed E-state index contributed by atoms with van der Waals surface area (Å²) in [7, 11) is -9.95. The van der Waals surface area contributed by atoms with Crippen molar-refractivity contribution in [3.8, 4) is 0 Å². The Balaban J connectivity index is 5.36. The summed E-state index contributed by atoms with van der Waals surface area (Å²) in [5, 5.41) is 10.6. The highest BCUT2D eigenvalue weighted by molar-refractivity contribution is 7.47. The van der Waals surface area contributed by atoms with Crippen LogP contribution in [0, 0.1) is 0 Å². The Morgan fingerprint density at radius 3 is 0.847 bits per heavy atom. The minimum Gasteiger partial charge on any atom is -0.462 e. The van der Waals surface area contributed by atoms with E-state index in [1.165, 1.54) is 122 Å². The van der Waals surface area contributed by atoms with Crippen LogP contribution >= 0.6 is 15.6 Å². The molecule has 0 aromatic heterocycles. The van der Waals surface area contributed by atoms with E-state index in [1.807, 2.05) is 0 Å². The molecule has 0 aliphatic rings. The molecule has 0 radical (unpaired) electrons. The monoisotopic (exact) mass is 1420 g/mol. The second-order valence-corrected chi connectivity index (χ2v) is 29.3. The van der Waals surface area contributed by atoms with Crippen molar-refractivity contribution in [1.82, 2.24) is 0 Å². The topological polar surface area (TPSA) is 237 Å². The van der Waals surface area contributed by atoms with Gasteiger partial charge in [0.25, 0.3) is 0 Å². The molecule has 0 rings (SSSR count). The van der Waals surface area contributed by atoms with E-state index in [9.17, 15) is 43.2 Å². The molecule has 3 N–H and O–H groups in total.